The lowest BCUT2D eigenvalue weighted by atomic mass is 9.96. The maximum atomic E-state index is 11.5. The van der Waals surface area contributed by atoms with Crippen LogP contribution in [0, 0.1) is 11.8 Å². The highest BCUT2D eigenvalue weighted by atomic mass is 16.4. The zero-order chi connectivity index (χ0) is 15.4. The van der Waals surface area contributed by atoms with Crippen LogP contribution in [0.1, 0.15) is 28.8 Å². The molecular weight excluding hydrogens is 276 g/mol. The minimum Gasteiger partial charge on any atom is -0.478 e. The summed E-state index contributed by atoms with van der Waals surface area (Å²) in [5.41, 5.74) is 3.18. The molecule has 108 valence electrons. The van der Waals surface area contributed by atoms with Crippen molar-refractivity contribution in [2.75, 3.05) is 0 Å². The van der Waals surface area contributed by atoms with Crippen LogP contribution in [-0.4, -0.2) is 21.3 Å². The number of aromatic carboxylic acids is 1. The van der Waals surface area contributed by atoms with E-state index in [1.54, 1.807) is 24.5 Å². The highest BCUT2D eigenvalue weighted by Gasteiger charge is 2.15. The maximum absolute atomic E-state index is 11.5. The van der Waals surface area contributed by atoms with Gasteiger partial charge in [-0.05, 0) is 25.0 Å². The van der Waals surface area contributed by atoms with E-state index in [1.807, 2.05) is 12.1 Å². The Morgan fingerprint density at radius 3 is 2.86 bits per heavy atom. The molecule has 0 spiro atoms. The van der Waals surface area contributed by atoms with Gasteiger partial charge in [-0.15, -0.1) is 0 Å². The first-order valence-electron chi connectivity index (χ1n) is 7.00. The molecule has 0 fully saturated rings. The lowest BCUT2D eigenvalue weighted by Crippen LogP contribution is -2.01. The zero-order valence-corrected chi connectivity index (χ0v) is 11.8. The summed E-state index contributed by atoms with van der Waals surface area (Å²) < 4.78 is 0. The predicted octanol–water partition coefficient (Wildman–Crippen LogP) is 3.40. The van der Waals surface area contributed by atoms with Crippen molar-refractivity contribution in [2.24, 2.45) is 0 Å². The Labute approximate surface area is 128 Å². The van der Waals surface area contributed by atoms with Gasteiger partial charge in [0, 0.05) is 28.5 Å². The van der Waals surface area contributed by atoms with Gasteiger partial charge in [0.05, 0.1) is 11.8 Å². The first kappa shape index (κ1) is 13.9. The van der Waals surface area contributed by atoms with Crippen molar-refractivity contribution in [3.63, 3.8) is 0 Å². The molecule has 4 heteroatoms. The van der Waals surface area contributed by atoms with Crippen LogP contribution < -0.4 is 0 Å². The first-order valence-corrected chi connectivity index (χ1v) is 7.00. The van der Waals surface area contributed by atoms with Gasteiger partial charge in [-0.2, -0.15) is 5.10 Å². The Kier molecular flexibility index (Phi) is 3.88. The van der Waals surface area contributed by atoms with Gasteiger partial charge >= 0.3 is 5.97 Å². The van der Waals surface area contributed by atoms with E-state index in [2.05, 4.69) is 34.2 Å². The molecule has 2 aromatic rings. The van der Waals surface area contributed by atoms with Gasteiger partial charge in [-0.1, -0.05) is 36.1 Å². The third-order valence-corrected chi connectivity index (χ3v) is 3.42. The minimum absolute atomic E-state index is 0.223. The second kappa shape index (κ2) is 6.15. The fourth-order valence-electron chi connectivity index (χ4n) is 2.38. The van der Waals surface area contributed by atoms with E-state index in [1.165, 1.54) is 0 Å². The summed E-state index contributed by atoms with van der Waals surface area (Å²) in [7, 11) is 0. The SMILES string of the molecule is O=C(O)c1cccc(C#CC2=CCCC=C2)c1-c1cn[nH]c1. The van der Waals surface area contributed by atoms with E-state index in [4.69, 9.17) is 0 Å². The molecule has 4 nitrogen and oxygen atoms in total. The van der Waals surface area contributed by atoms with Crippen molar-refractivity contribution < 1.29 is 9.90 Å². The average molecular weight is 290 g/mol. The van der Waals surface area contributed by atoms with Crippen LogP contribution in [0.5, 0.6) is 0 Å². The third kappa shape index (κ3) is 2.84. The molecule has 0 radical (unpaired) electrons. The number of aromatic nitrogens is 2. The minimum atomic E-state index is -0.975. The summed E-state index contributed by atoms with van der Waals surface area (Å²) in [5, 5.41) is 16.0. The van der Waals surface area contributed by atoms with Crippen LogP contribution in [0.3, 0.4) is 0 Å². The summed E-state index contributed by atoms with van der Waals surface area (Å²) in [6.45, 7) is 0. The molecule has 1 aliphatic rings. The van der Waals surface area contributed by atoms with Gasteiger partial charge in [-0.25, -0.2) is 4.79 Å². The largest absolute Gasteiger partial charge is 0.478 e. The van der Waals surface area contributed by atoms with Gasteiger partial charge in [0.2, 0.25) is 0 Å². The number of nitrogens with one attached hydrogen (secondary N) is 1. The van der Waals surface area contributed by atoms with Crippen molar-refractivity contribution in [3.05, 3.63) is 65.5 Å². The number of nitrogens with zero attached hydrogens (tertiary/aromatic N) is 1. The molecule has 1 heterocycles. The number of aromatic amines is 1. The van der Waals surface area contributed by atoms with Crippen LogP contribution >= 0.6 is 0 Å². The Balaban J connectivity index is 2.10. The van der Waals surface area contributed by atoms with Gasteiger partial charge in [0.15, 0.2) is 0 Å². The van der Waals surface area contributed by atoms with E-state index >= 15 is 0 Å². The number of rotatable bonds is 2. The summed E-state index contributed by atoms with van der Waals surface area (Å²) >= 11 is 0. The molecule has 0 aliphatic heterocycles. The summed E-state index contributed by atoms with van der Waals surface area (Å²) in [5.74, 6) is 5.22. The lowest BCUT2D eigenvalue weighted by molar-refractivity contribution is 0.0697. The number of hydrogen-bond acceptors (Lipinski definition) is 2. The molecule has 0 atom stereocenters. The molecular formula is C18H14N2O2. The highest BCUT2D eigenvalue weighted by molar-refractivity contribution is 5.97. The second-order valence-corrected chi connectivity index (χ2v) is 4.91. The smallest absolute Gasteiger partial charge is 0.336 e. The fourth-order valence-corrected chi connectivity index (χ4v) is 2.38. The number of carbonyl (C=O) groups is 1. The Bertz CT molecular complexity index is 819. The van der Waals surface area contributed by atoms with Crippen LogP contribution in [0.25, 0.3) is 11.1 Å². The van der Waals surface area contributed by atoms with Crippen LogP contribution in [-0.2, 0) is 0 Å². The van der Waals surface area contributed by atoms with Crippen molar-refractivity contribution in [1.82, 2.24) is 10.2 Å². The second-order valence-electron chi connectivity index (χ2n) is 4.91. The molecule has 1 aliphatic carbocycles. The van der Waals surface area contributed by atoms with Crippen molar-refractivity contribution in [1.29, 1.82) is 0 Å². The number of benzene rings is 1. The topological polar surface area (TPSA) is 66.0 Å². The van der Waals surface area contributed by atoms with Gasteiger partial charge in [0.1, 0.15) is 0 Å². The summed E-state index contributed by atoms with van der Waals surface area (Å²) in [4.78, 5) is 11.5. The lowest BCUT2D eigenvalue weighted by Gasteiger charge is -2.06. The maximum Gasteiger partial charge on any atom is 0.336 e. The predicted molar refractivity (Wildman–Crippen MR) is 84.3 cm³/mol. The van der Waals surface area contributed by atoms with Crippen LogP contribution in [0.2, 0.25) is 0 Å². The van der Waals surface area contributed by atoms with Gasteiger partial charge in [-0.3, -0.25) is 5.10 Å². The molecule has 0 saturated carbocycles. The van der Waals surface area contributed by atoms with Crippen molar-refractivity contribution in [3.8, 4) is 23.0 Å². The van der Waals surface area contributed by atoms with Crippen LogP contribution in [0.15, 0.2) is 54.4 Å². The van der Waals surface area contributed by atoms with Gasteiger partial charge < -0.3 is 5.11 Å². The molecule has 0 saturated heterocycles. The normalized spacial score (nSPS) is 13.2. The number of H-pyrrole nitrogens is 1. The Hall–Kier alpha value is -3.06. The Morgan fingerprint density at radius 2 is 2.18 bits per heavy atom. The quantitative estimate of drug-likeness (QED) is 0.833. The molecule has 2 N–H and O–H groups in total. The molecule has 1 aromatic carbocycles. The average Bonchev–Trinajstić information content (AvgIpc) is 3.07. The number of hydrogen-bond donors (Lipinski definition) is 2. The van der Waals surface area contributed by atoms with E-state index in [9.17, 15) is 9.90 Å². The molecule has 22 heavy (non-hydrogen) atoms. The molecule has 0 unspecified atom stereocenters. The standard InChI is InChI=1S/C18H14N2O2/c21-18(22)16-8-4-7-14(17(16)15-11-19-20-12-15)10-9-13-5-2-1-3-6-13/h2,4-8,11-12H,1,3H2,(H,19,20)(H,21,22). The summed E-state index contributed by atoms with van der Waals surface area (Å²) in [6.07, 6.45) is 11.5. The van der Waals surface area contributed by atoms with Crippen LogP contribution in [0.4, 0.5) is 0 Å². The van der Waals surface area contributed by atoms with E-state index in [0.29, 0.717) is 11.1 Å². The zero-order valence-electron chi connectivity index (χ0n) is 11.8. The van der Waals surface area contributed by atoms with Crippen molar-refractivity contribution >= 4 is 5.97 Å². The first-order chi connectivity index (χ1) is 10.8. The fraction of sp³-hybridized carbons (Fsp3) is 0.111. The number of allylic oxidation sites excluding steroid dienone is 4. The monoisotopic (exact) mass is 290 g/mol. The van der Waals surface area contributed by atoms with Gasteiger partial charge in [0.25, 0.3) is 0 Å². The number of carboxylic acid groups (broad SMARTS) is 1. The highest BCUT2D eigenvalue weighted by Crippen LogP contribution is 2.27. The Morgan fingerprint density at radius 1 is 1.27 bits per heavy atom. The molecule has 0 bridgehead atoms. The number of carboxylic acids is 1. The third-order valence-electron chi connectivity index (χ3n) is 3.42. The van der Waals surface area contributed by atoms with E-state index in [0.717, 1.165) is 24.0 Å². The summed E-state index contributed by atoms with van der Waals surface area (Å²) in [6, 6.07) is 5.12. The van der Waals surface area contributed by atoms with Crippen molar-refractivity contribution in [2.45, 2.75) is 12.8 Å². The van der Waals surface area contributed by atoms with E-state index in [-0.39, 0.29) is 5.56 Å². The molecule has 1 aromatic heterocycles. The molecule has 3 rings (SSSR count). The van der Waals surface area contributed by atoms with E-state index < -0.39 is 5.97 Å². The molecule has 0 amide bonds.